The Balaban J connectivity index is 0.000000199. The molecule has 1 heterocycles. The highest BCUT2D eigenvalue weighted by Gasteiger charge is 2.06. The standard InChI is InChI=1S/C16H13NOS.C7H8O3S/c18-13-10-8-12(9-11-13)4-3-7-16-17-14-5-1-2-6-15(14)19-16;1-6-2-4-7(5-3-6)11(8,9)10/h1-6,8-11,18H,7H2;2-5H,1H3,(H,8,9,10). The maximum Gasteiger partial charge on any atom is 0.294 e. The molecule has 4 rings (SSSR count). The Hall–Kier alpha value is -3.00. The molecule has 3 aromatic carbocycles. The molecule has 0 unspecified atom stereocenters. The first kappa shape index (κ1) is 21.7. The second kappa shape index (κ2) is 9.67. The Morgan fingerprint density at radius 1 is 0.967 bits per heavy atom. The lowest BCUT2D eigenvalue weighted by Gasteiger charge is -1.95. The lowest BCUT2D eigenvalue weighted by Crippen LogP contribution is -1.96. The van der Waals surface area contributed by atoms with Crippen molar-refractivity contribution in [2.45, 2.75) is 18.2 Å². The van der Waals surface area contributed by atoms with Crippen LogP contribution in [0.15, 0.2) is 83.8 Å². The van der Waals surface area contributed by atoms with Gasteiger partial charge in [0, 0.05) is 6.42 Å². The molecule has 0 fully saturated rings. The Labute approximate surface area is 179 Å². The first-order chi connectivity index (χ1) is 14.3. The van der Waals surface area contributed by atoms with Crippen molar-refractivity contribution in [2.24, 2.45) is 0 Å². The van der Waals surface area contributed by atoms with Crippen LogP contribution in [0.25, 0.3) is 16.3 Å². The molecule has 0 aliphatic heterocycles. The van der Waals surface area contributed by atoms with Gasteiger partial charge in [0.25, 0.3) is 10.1 Å². The molecule has 0 saturated heterocycles. The predicted octanol–water partition coefficient (Wildman–Crippen LogP) is 5.50. The van der Waals surface area contributed by atoms with E-state index < -0.39 is 10.1 Å². The molecule has 0 spiro atoms. The largest absolute Gasteiger partial charge is 0.508 e. The topological polar surface area (TPSA) is 87.5 Å². The zero-order valence-corrected chi connectivity index (χ0v) is 17.9. The molecule has 0 bridgehead atoms. The highest BCUT2D eigenvalue weighted by atomic mass is 32.2. The summed E-state index contributed by atoms with van der Waals surface area (Å²) in [5, 5.41) is 10.3. The van der Waals surface area contributed by atoms with E-state index in [9.17, 15) is 13.5 Å². The normalized spacial score (nSPS) is 11.4. The molecular weight excluding hydrogens is 418 g/mol. The number of allylic oxidation sites excluding steroid dienone is 1. The smallest absolute Gasteiger partial charge is 0.294 e. The minimum Gasteiger partial charge on any atom is -0.508 e. The van der Waals surface area contributed by atoms with Gasteiger partial charge in [-0.05, 0) is 48.9 Å². The van der Waals surface area contributed by atoms with E-state index >= 15 is 0 Å². The average molecular weight is 440 g/mol. The molecule has 154 valence electrons. The molecule has 0 aliphatic rings. The fraction of sp³-hybridized carbons (Fsp3) is 0.0870. The average Bonchev–Trinajstić information content (AvgIpc) is 3.12. The Kier molecular flexibility index (Phi) is 6.99. The summed E-state index contributed by atoms with van der Waals surface area (Å²) in [7, 11) is -4.02. The number of benzene rings is 3. The summed E-state index contributed by atoms with van der Waals surface area (Å²) in [6.07, 6.45) is 4.98. The number of thiazole rings is 1. The number of aromatic nitrogens is 1. The van der Waals surface area contributed by atoms with E-state index in [1.54, 1.807) is 35.6 Å². The van der Waals surface area contributed by atoms with Crippen LogP contribution >= 0.6 is 11.3 Å². The van der Waals surface area contributed by atoms with Crippen molar-refractivity contribution in [1.82, 2.24) is 4.98 Å². The van der Waals surface area contributed by atoms with Crippen LogP contribution < -0.4 is 0 Å². The summed E-state index contributed by atoms with van der Waals surface area (Å²) in [6, 6.07) is 21.3. The molecule has 7 heteroatoms. The molecule has 0 atom stereocenters. The van der Waals surface area contributed by atoms with Gasteiger partial charge in [-0.25, -0.2) is 4.98 Å². The molecule has 2 N–H and O–H groups in total. The molecule has 30 heavy (non-hydrogen) atoms. The van der Waals surface area contributed by atoms with E-state index in [1.165, 1.54) is 16.8 Å². The van der Waals surface area contributed by atoms with E-state index in [4.69, 9.17) is 4.55 Å². The number of aromatic hydroxyl groups is 1. The Morgan fingerprint density at radius 2 is 1.63 bits per heavy atom. The minimum atomic E-state index is -4.02. The van der Waals surface area contributed by atoms with Crippen LogP contribution in [0.5, 0.6) is 5.75 Å². The van der Waals surface area contributed by atoms with Gasteiger partial charge in [0.2, 0.25) is 0 Å². The monoisotopic (exact) mass is 439 g/mol. The highest BCUT2D eigenvalue weighted by molar-refractivity contribution is 7.85. The van der Waals surface area contributed by atoms with E-state index in [2.05, 4.69) is 17.1 Å². The molecule has 0 amide bonds. The molecule has 0 aliphatic carbocycles. The van der Waals surface area contributed by atoms with Gasteiger partial charge in [-0.15, -0.1) is 11.3 Å². The summed E-state index contributed by atoms with van der Waals surface area (Å²) in [5.74, 6) is 0.295. The van der Waals surface area contributed by atoms with Crippen molar-refractivity contribution < 1.29 is 18.1 Å². The second-order valence-electron chi connectivity index (χ2n) is 6.56. The Morgan fingerprint density at radius 3 is 2.27 bits per heavy atom. The van der Waals surface area contributed by atoms with Crippen molar-refractivity contribution in [2.75, 3.05) is 0 Å². The van der Waals surface area contributed by atoms with Gasteiger partial charge in [-0.3, -0.25) is 4.55 Å². The van der Waals surface area contributed by atoms with Crippen LogP contribution in [-0.4, -0.2) is 23.1 Å². The second-order valence-corrected chi connectivity index (χ2v) is 9.10. The van der Waals surface area contributed by atoms with Crippen LogP contribution in [0.2, 0.25) is 0 Å². The van der Waals surface area contributed by atoms with Crippen LogP contribution in [0.4, 0.5) is 0 Å². The fourth-order valence-electron chi connectivity index (χ4n) is 2.60. The van der Waals surface area contributed by atoms with Gasteiger partial charge in [-0.2, -0.15) is 8.42 Å². The number of para-hydroxylation sites is 1. The van der Waals surface area contributed by atoms with Crippen LogP contribution in [0.1, 0.15) is 16.1 Å². The SMILES string of the molecule is Cc1ccc(S(=O)(=O)O)cc1.Oc1ccc(C=CCc2nc3ccccc3s2)cc1. The zero-order chi connectivity index (χ0) is 21.6. The summed E-state index contributed by atoms with van der Waals surface area (Å²) < 4.78 is 30.8. The lowest BCUT2D eigenvalue weighted by molar-refractivity contribution is 0.475. The molecule has 1 aromatic heterocycles. The van der Waals surface area contributed by atoms with E-state index in [1.807, 2.05) is 43.3 Å². The summed E-state index contributed by atoms with van der Waals surface area (Å²) in [6.45, 7) is 1.84. The van der Waals surface area contributed by atoms with Crippen LogP contribution in [-0.2, 0) is 16.5 Å². The number of rotatable bonds is 4. The van der Waals surface area contributed by atoms with Crippen molar-refractivity contribution in [1.29, 1.82) is 0 Å². The van der Waals surface area contributed by atoms with E-state index in [-0.39, 0.29) is 4.90 Å². The molecule has 5 nitrogen and oxygen atoms in total. The maximum atomic E-state index is 10.5. The van der Waals surface area contributed by atoms with Crippen molar-refractivity contribution in [3.05, 3.63) is 95.0 Å². The van der Waals surface area contributed by atoms with E-state index in [0.717, 1.165) is 28.1 Å². The number of hydrogen-bond acceptors (Lipinski definition) is 5. The third-order valence-corrected chi connectivity index (χ3v) is 6.08. The third-order valence-electron chi connectivity index (χ3n) is 4.15. The van der Waals surface area contributed by atoms with Gasteiger partial charge in [0.15, 0.2) is 0 Å². The van der Waals surface area contributed by atoms with Crippen LogP contribution in [0, 0.1) is 6.92 Å². The first-order valence-electron chi connectivity index (χ1n) is 9.15. The highest BCUT2D eigenvalue weighted by Crippen LogP contribution is 2.22. The number of hydrogen-bond donors (Lipinski definition) is 2. The number of aryl methyl sites for hydroxylation is 1. The van der Waals surface area contributed by atoms with Gasteiger partial charge in [-0.1, -0.05) is 54.1 Å². The maximum absolute atomic E-state index is 10.5. The van der Waals surface area contributed by atoms with Crippen molar-refractivity contribution in [3.63, 3.8) is 0 Å². The molecule has 0 radical (unpaired) electrons. The first-order valence-corrected chi connectivity index (χ1v) is 11.4. The third kappa shape index (κ3) is 6.25. The van der Waals surface area contributed by atoms with Gasteiger partial charge in [0.1, 0.15) is 5.75 Å². The molecular formula is C23H21NO4S2. The fourth-order valence-corrected chi connectivity index (χ4v) is 4.02. The lowest BCUT2D eigenvalue weighted by atomic mass is 10.2. The molecule has 4 aromatic rings. The van der Waals surface area contributed by atoms with Gasteiger partial charge >= 0.3 is 0 Å². The summed E-state index contributed by atoms with van der Waals surface area (Å²) in [5.41, 5.74) is 3.11. The summed E-state index contributed by atoms with van der Waals surface area (Å²) >= 11 is 1.73. The van der Waals surface area contributed by atoms with E-state index in [0.29, 0.717) is 5.75 Å². The number of phenols is 1. The predicted molar refractivity (Wildman–Crippen MR) is 121 cm³/mol. The number of fused-ring (bicyclic) bond motifs is 1. The molecule has 0 saturated carbocycles. The minimum absolute atomic E-state index is 0.0666. The zero-order valence-electron chi connectivity index (χ0n) is 16.3. The van der Waals surface area contributed by atoms with Crippen molar-refractivity contribution in [3.8, 4) is 5.75 Å². The number of nitrogens with zero attached hydrogens (tertiary/aromatic N) is 1. The quantitative estimate of drug-likeness (QED) is 0.410. The summed E-state index contributed by atoms with van der Waals surface area (Å²) in [4.78, 5) is 4.52. The Bertz CT molecular complexity index is 1210. The van der Waals surface area contributed by atoms with Gasteiger partial charge in [0.05, 0.1) is 20.1 Å². The van der Waals surface area contributed by atoms with Gasteiger partial charge < -0.3 is 5.11 Å². The van der Waals surface area contributed by atoms with Crippen molar-refractivity contribution >= 4 is 37.7 Å². The number of phenolic OH excluding ortho intramolecular Hbond substituents is 1. The van der Waals surface area contributed by atoms with Crippen LogP contribution in [0.3, 0.4) is 0 Å².